The molecule has 0 atom stereocenters. The van der Waals surface area contributed by atoms with Crippen LogP contribution in [0.3, 0.4) is 0 Å². The van der Waals surface area contributed by atoms with E-state index in [-0.39, 0.29) is 0 Å². The zero-order chi connectivity index (χ0) is 30.4. The van der Waals surface area contributed by atoms with Crippen LogP contribution in [-0.2, 0) is 0 Å². The Morgan fingerprint density at radius 2 is 0.605 bits per heavy atom. The lowest BCUT2D eigenvalue weighted by molar-refractivity contribution is 1.28. The molecule has 0 aromatic heterocycles. The Labute approximate surface area is 295 Å². The molecular formula is C36H27Br5N2. The normalized spacial score (nSPS) is 9.98. The first-order valence-corrected chi connectivity index (χ1v) is 17.2. The fourth-order valence-electron chi connectivity index (χ4n) is 4.00. The average molecular weight is 887 g/mol. The van der Waals surface area contributed by atoms with Crippen molar-refractivity contribution in [3.05, 3.63) is 180 Å². The van der Waals surface area contributed by atoms with Gasteiger partial charge in [0.15, 0.2) is 0 Å². The molecule has 0 bridgehead atoms. The first-order chi connectivity index (χ1) is 20.9. The van der Waals surface area contributed by atoms with Gasteiger partial charge >= 0.3 is 0 Å². The number of benzene rings is 6. The number of nitrogens with zero attached hydrogens (tertiary/aromatic N) is 1. The van der Waals surface area contributed by atoms with E-state index in [4.69, 9.17) is 0 Å². The van der Waals surface area contributed by atoms with E-state index in [9.17, 15) is 0 Å². The quantitative estimate of drug-likeness (QED) is 0.186. The van der Waals surface area contributed by atoms with Crippen LogP contribution in [0.4, 0.5) is 28.4 Å². The molecule has 0 radical (unpaired) electrons. The van der Waals surface area contributed by atoms with Crippen molar-refractivity contribution in [2.75, 3.05) is 10.2 Å². The van der Waals surface area contributed by atoms with Gasteiger partial charge < -0.3 is 10.2 Å². The van der Waals surface area contributed by atoms with Gasteiger partial charge in [-0.15, -0.1) is 0 Å². The predicted octanol–water partition coefficient (Wildman–Crippen LogP) is 14.1. The Kier molecular flexibility index (Phi) is 13.6. The molecule has 6 aromatic carbocycles. The van der Waals surface area contributed by atoms with Crippen LogP contribution in [0.5, 0.6) is 0 Å². The molecule has 7 heteroatoms. The number of nitrogens with one attached hydrogen (secondary N) is 1. The molecule has 0 saturated heterocycles. The SMILES string of the molecule is Brc1cc(Br)cc(Br)c1.Brc1cc(Br)cc(N(c2ccccc2)c2ccccc2)c1.c1ccc(Nc2ccccc2)cc1. The zero-order valence-corrected chi connectivity index (χ0v) is 30.8. The number of anilines is 5. The first-order valence-electron chi connectivity index (χ1n) is 13.2. The van der Waals surface area contributed by atoms with Crippen molar-refractivity contribution in [1.29, 1.82) is 0 Å². The number of halogens is 5. The lowest BCUT2D eigenvalue weighted by Crippen LogP contribution is -2.09. The third-order valence-electron chi connectivity index (χ3n) is 5.80. The van der Waals surface area contributed by atoms with E-state index >= 15 is 0 Å². The Morgan fingerprint density at radius 3 is 0.930 bits per heavy atom. The lowest BCUT2D eigenvalue weighted by Gasteiger charge is -2.25. The molecule has 0 aliphatic rings. The number of hydrogen-bond acceptors (Lipinski definition) is 2. The predicted molar refractivity (Wildman–Crippen MR) is 202 cm³/mol. The Balaban J connectivity index is 0.000000163. The van der Waals surface area contributed by atoms with Gasteiger partial charge in [-0.1, -0.05) is 152 Å². The third-order valence-corrected chi connectivity index (χ3v) is 8.09. The largest absolute Gasteiger partial charge is 0.356 e. The summed E-state index contributed by atoms with van der Waals surface area (Å²) in [4.78, 5) is 2.23. The average Bonchev–Trinajstić information content (AvgIpc) is 2.99. The van der Waals surface area contributed by atoms with E-state index in [1.807, 2.05) is 97.1 Å². The molecule has 0 fully saturated rings. The summed E-state index contributed by atoms with van der Waals surface area (Å²) in [6.07, 6.45) is 0. The van der Waals surface area contributed by atoms with Crippen LogP contribution < -0.4 is 10.2 Å². The maximum absolute atomic E-state index is 3.57. The molecule has 2 nitrogen and oxygen atoms in total. The Morgan fingerprint density at radius 1 is 0.326 bits per heavy atom. The summed E-state index contributed by atoms with van der Waals surface area (Å²) in [5.74, 6) is 0. The van der Waals surface area contributed by atoms with Gasteiger partial charge in [-0.2, -0.15) is 0 Å². The summed E-state index contributed by atoms with van der Waals surface area (Å²) < 4.78 is 5.31. The minimum Gasteiger partial charge on any atom is -0.356 e. The van der Waals surface area contributed by atoms with E-state index < -0.39 is 0 Å². The molecule has 0 aliphatic heterocycles. The van der Waals surface area contributed by atoms with Gasteiger partial charge in [0.1, 0.15) is 0 Å². The topological polar surface area (TPSA) is 15.3 Å². The highest BCUT2D eigenvalue weighted by molar-refractivity contribution is 9.11. The van der Waals surface area contributed by atoms with Crippen molar-refractivity contribution < 1.29 is 0 Å². The molecule has 0 unspecified atom stereocenters. The number of para-hydroxylation sites is 4. The summed E-state index contributed by atoms with van der Waals surface area (Å²) in [6.45, 7) is 0. The van der Waals surface area contributed by atoms with E-state index in [0.717, 1.165) is 50.8 Å². The van der Waals surface area contributed by atoms with Gasteiger partial charge in [-0.3, -0.25) is 0 Å². The van der Waals surface area contributed by atoms with Crippen molar-refractivity contribution in [2.24, 2.45) is 0 Å². The highest BCUT2D eigenvalue weighted by Gasteiger charge is 2.12. The second kappa shape index (κ2) is 17.6. The van der Waals surface area contributed by atoms with Gasteiger partial charge in [0.05, 0.1) is 0 Å². The van der Waals surface area contributed by atoms with Crippen molar-refractivity contribution in [2.45, 2.75) is 0 Å². The summed E-state index contributed by atoms with van der Waals surface area (Å²) in [6, 6.07) is 53.3. The molecule has 43 heavy (non-hydrogen) atoms. The molecule has 0 aliphatic carbocycles. The van der Waals surface area contributed by atoms with E-state index in [2.05, 4.69) is 151 Å². The fourth-order valence-corrected chi connectivity index (χ4v) is 7.67. The van der Waals surface area contributed by atoms with E-state index in [1.165, 1.54) is 0 Å². The summed E-state index contributed by atoms with van der Waals surface area (Å²) in [7, 11) is 0. The molecule has 0 saturated carbocycles. The lowest BCUT2D eigenvalue weighted by atomic mass is 10.2. The van der Waals surface area contributed by atoms with Gasteiger partial charge in [0.25, 0.3) is 0 Å². The Bertz CT molecular complexity index is 1540. The number of rotatable bonds is 5. The van der Waals surface area contributed by atoms with Crippen LogP contribution in [0.25, 0.3) is 0 Å². The molecule has 6 rings (SSSR count). The minimum atomic E-state index is 1.05. The fraction of sp³-hybridized carbons (Fsp3) is 0. The van der Waals surface area contributed by atoms with Gasteiger partial charge in [-0.05, 0) is 84.9 Å². The van der Waals surface area contributed by atoms with Gasteiger partial charge in [-0.25, -0.2) is 0 Å². The van der Waals surface area contributed by atoms with Crippen LogP contribution in [0.2, 0.25) is 0 Å². The monoisotopic (exact) mass is 882 g/mol. The second-order valence-corrected chi connectivity index (χ2v) is 13.7. The van der Waals surface area contributed by atoms with Gasteiger partial charge in [0, 0.05) is 50.8 Å². The molecule has 6 aromatic rings. The maximum atomic E-state index is 3.57. The van der Waals surface area contributed by atoms with Crippen molar-refractivity contribution in [3.63, 3.8) is 0 Å². The van der Waals surface area contributed by atoms with Crippen molar-refractivity contribution >= 4 is 108 Å². The van der Waals surface area contributed by atoms with Crippen LogP contribution >= 0.6 is 79.6 Å². The standard InChI is InChI=1S/C18H13Br2N.C12H11N.C6H3Br3/c19-14-11-15(20)13-18(12-14)21(16-7-3-1-4-8-16)17-9-5-2-6-10-17;1-3-7-11(8-4-1)13-12-9-5-2-6-10-12;7-4-1-5(8)3-6(9)2-4/h1-13H;1-10,13H;1-3H. The van der Waals surface area contributed by atoms with Crippen molar-refractivity contribution in [3.8, 4) is 0 Å². The summed E-state index contributed by atoms with van der Waals surface area (Å²) in [5.41, 5.74) is 5.61. The molecular weight excluding hydrogens is 860 g/mol. The van der Waals surface area contributed by atoms with Crippen molar-refractivity contribution in [1.82, 2.24) is 0 Å². The second-order valence-electron chi connectivity index (χ2n) is 9.08. The molecule has 0 spiro atoms. The summed E-state index contributed by atoms with van der Waals surface area (Å²) in [5, 5.41) is 3.30. The minimum absolute atomic E-state index is 1.05. The van der Waals surface area contributed by atoms with Crippen LogP contribution in [0.1, 0.15) is 0 Å². The molecule has 1 N–H and O–H groups in total. The molecule has 0 amide bonds. The highest BCUT2D eigenvalue weighted by atomic mass is 79.9. The molecule has 216 valence electrons. The van der Waals surface area contributed by atoms with Gasteiger partial charge in [0.2, 0.25) is 0 Å². The molecule has 0 heterocycles. The van der Waals surface area contributed by atoms with E-state index in [0.29, 0.717) is 0 Å². The third kappa shape index (κ3) is 11.4. The van der Waals surface area contributed by atoms with E-state index in [1.54, 1.807) is 0 Å². The summed E-state index contributed by atoms with van der Waals surface area (Å²) >= 11 is 17.2. The van der Waals surface area contributed by atoms with Crippen LogP contribution in [0, 0.1) is 0 Å². The number of hydrogen-bond donors (Lipinski definition) is 1. The zero-order valence-electron chi connectivity index (χ0n) is 22.8. The van der Waals surface area contributed by atoms with Crippen LogP contribution in [0.15, 0.2) is 180 Å². The Hall–Kier alpha value is -2.68. The van der Waals surface area contributed by atoms with Crippen LogP contribution in [-0.4, -0.2) is 0 Å². The highest BCUT2D eigenvalue weighted by Crippen LogP contribution is 2.37. The first kappa shape index (κ1) is 33.2. The maximum Gasteiger partial charge on any atom is 0.0484 e. The smallest absolute Gasteiger partial charge is 0.0484 e.